The summed E-state index contributed by atoms with van der Waals surface area (Å²) >= 11 is 0. The number of anilines is 2. The topological polar surface area (TPSA) is 112 Å². The number of nitro groups is 1. The lowest BCUT2D eigenvalue weighted by atomic mass is 10.2. The molecule has 0 saturated carbocycles. The second kappa shape index (κ2) is 6.20. The summed E-state index contributed by atoms with van der Waals surface area (Å²) in [6.07, 6.45) is 1.26. The number of nitrogens with zero attached hydrogens (tertiary/aromatic N) is 6. The zero-order valence-electron chi connectivity index (χ0n) is 13.7. The van der Waals surface area contributed by atoms with Crippen LogP contribution < -0.4 is 5.32 Å². The molecule has 2 heterocycles. The summed E-state index contributed by atoms with van der Waals surface area (Å²) in [4.78, 5) is 19.4. The maximum absolute atomic E-state index is 11.8. The Morgan fingerprint density at radius 2 is 1.96 bits per heavy atom. The molecule has 0 aliphatic rings. The average molecular weight is 347 g/mol. The molecule has 0 saturated heterocycles. The maximum atomic E-state index is 11.8. The lowest BCUT2D eigenvalue weighted by molar-refractivity contribution is -0.384. The predicted molar refractivity (Wildman–Crippen MR) is 95.6 cm³/mol. The van der Waals surface area contributed by atoms with E-state index < -0.39 is 4.92 Å². The molecule has 0 atom stereocenters. The first kappa shape index (κ1) is 15.6. The minimum atomic E-state index is -0.524. The first-order chi connectivity index (χ1) is 12.6. The Morgan fingerprint density at radius 3 is 2.77 bits per heavy atom. The number of aromatic nitrogens is 5. The van der Waals surface area contributed by atoms with Crippen molar-refractivity contribution in [2.75, 3.05) is 5.32 Å². The van der Waals surface area contributed by atoms with Gasteiger partial charge in [0.1, 0.15) is 11.8 Å². The third kappa shape index (κ3) is 2.71. The van der Waals surface area contributed by atoms with Gasteiger partial charge < -0.3 is 5.32 Å². The lowest BCUT2D eigenvalue weighted by Gasteiger charge is -2.09. The van der Waals surface area contributed by atoms with E-state index in [1.54, 1.807) is 18.2 Å². The third-order valence-corrected chi connectivity index (χ3v) is 3.82. The SMILES string of the molecule is Cc1cccc(Nc2ncnc(-n3nnc4ccccc43)c2[N+](=O)[O-])c1. The van der Waals surface area contributed by atoms with Crippen molar-refractivity contribution in [1.29, 1.82) is 0 Å². The van der Waals surface area contributed by atoms with E-state index in [-0.39, 0.29) is 17.3 Å². The smallest absolute Gasteiger partial charge is 0.334 e. The van der Waals surface area contributed by atoms with Crippen LogP contribution in [0.15, 0.2) is 54.9 Å². The van der Waals surface area contributed by atoms with Crippen LogP contribution in [0, 0.1) is 17.0 Å². The monoisotopic (exact) mass is 347 g/mol. The second-order valence-electron chi connectivity index (χ2n) is 5.64. The van der Waals surface area contributed by atoms with Crippen molar-refractivity contribution >= 4 is 28.2 Å². The summed E-state index contributed by atoms with van der Waals surface area (Å²) in [6, 6.07) is 14.6. The van der Waals surface area contributed by atoms with Gasteiger partial charge in [-0.3, -0.25) is 10.1 Å². The molecular weight excluding hydrogens is 334 g/mol. The summed E-state index contributed by atoms with van der Waals surface area (Å²) in [5, 5.41) is 22.8. The molecule has 9 nitrogen and oxygen atoms in total. The van der Waals surface area contributed by atoms with Gasteiger partial charge >= 0.3 is 5.69 Å². The van der Waals surface area contributed by atoms with E-state index in [2.05, 4.69) is 25.6 Å². The summed E-state index contributed by atoms with van der Waals surface area (Å²) in [5.74, 6) is 0.138. The normalized spacial score (nSPS) is 10.8. The van der Waals surface area contributed by atoms with Gasteiger partial charge in [-0.1, -0.05) is 29.5 Å². The molecular formula is C17H13N7O2. The second-order valence-corrected chi connectivity index (χ2v) is 5.64. The first-order valence-electron chi connectivity index (χ1n) is 7.77. The van der Waals surface area contributed by atoms with Crippen molar-refractivity contribution < 1.29 is 4.92 Å². The fourth-order valence-electron chi connectivity index (χ4n) is 2.67. The molecule has 4 rings (SSSR count). The molecule has 2 aromatic heterocycles. The van der Waals surface area contributed by atoms with Gasteiger partial charge in [0.2, 0.25) is 11.6 Å². The van der Waals surface area contributed by atoms with Crippen LogP contribution in [0.3, 0.4) is 0 Å². The van der Waals surface area contributed by atoms with Crippen molar-refractivity contribution in [2.45, 2.75) is 6.92 Å². The van der Waals surface area contributed by atoms with Crippen LogP contribution in [0.2, 0.25) is 0 Å². The number of hydrogen-bond acceptors (Lipinski definition) is 7. The van der Waals surface area contributed by atoms with Gasteiger partial charge in [0.15, 0.2) is 0 Å². The van der Waals surface area contributed by atoms with Gasteiger partial charge in [0.05, 0.1) is 10.4 Å². The molecule has 0 radical (unpaired) electrons. The largest absolute Gasteiger partial charge is 0.356 e. The van der Waals surface area contributed by atoms with Crippen molar-refractivity contribution in [3.8, 4) is 5.82 Å². The molecule has 0 amide bonds. The average Bonchev–Trinajstić information content (AvgIpc) is 3.05. The van der Waals surface area contributed by atoms with E-state index >= 15 is 0 Å². The molecule has 4 aromatic rings. The fourth-order valence-corrected chi connectivity index (χ4v) is 2.67. The molecule has 9 heteroatoms. The van der Waals surface area contributed by atoms with Crippen molar-refractivity contribution in [2.24, 2.45) is 0 Å². The molecule has 26 heavy (non-hydrogen) atoms. The minimum absolute atomic E-state index is 0.0499. The highest BCUT2D eigenvalue weighted by Crippen LogP contribution is 2.31. The van der Waals surface area contributed by atoms with E-state index in [9.17, 15) is 10.1 Å². The minimum Gasteiger partial charge on any atom is -0.334 e. The van der Waals surface area contributed by atoms with E-state index in [4.69, 9.17) is 0 Å². The Kier molecular flexibility index (Phi) is 3.73. The maximum Gasteiger partial charge on any atom is 0.356 e. The Balaban J connectivity index is 1.87. The Morgan fingerprint density at radius 1 is 1.12 bits per heavy atom. The van der Waals surface area contributed by atoms with Crippen LogP contribution in [0.5, 0.6) is 0 Å². The van der Waals surface area contributed by atoms with Crippen LogP contribution in [-0.4, -0.2) is 29.9 Å². The summed E-state index contributed by atoms with van der Waals surface area (Å²) in [5.41, 5.74) is 2.68. The Bertz CT molecular complexity index is 1120. The van der Waals surface area contributed by atoms with Gasteiger partial charge in [0.25, 0.3) is 0 Å². The highest BCUT2D eigenvalue weighted by Gasteiger charge is 2.26. The van der Waals surface area contributed by atoms with Gasteiger partial charge in [-0.15, -0.1) is 5.10 Å². The number of para-hydroxylation sites is 1. The zero-order chi connectivity index (χ0) is 18.1. The summed E-state index contributed by atoms with van der Waals surface area (Å²) in [7, 11) is 0. The van der Waals surface area contributed by atoms with E-state index in [1.807, 2.05) is 37.3 Å². The molecule has 0 aliphatic carbocycles. The molecule has 0 unspecified atom stereocenters. The highest BCUT2D eigenvalue weighted by atomic mass is 16.6. The van der Waals surface area contributed by atoms with Crippen LogP contribution in [0.4, 0.5) is 17.2 Å². The Hall–Kier alpha value is -3.88. The summed E-state index contributed by atoms with van der Waals surface area (Å²) < 4.78 is 1.34. The quantitative estimate of drug-likeness (QED) is 0.446. The fraction of sp³-hybridized carbons (Fsp3) is 0.0588. The molecule has 128 valence electrons. The van der Waals surface area contributed by atoms with Gasteiger partial charge in [-0.05, 0) is 36.8 Å². The number of rotatable bonds is 4. The molecule has 0 bridgehead atoms. The van der Waals surface area contributed by atoms with Crippen LogP contribution in [-0.2, 0) is 0 Å². The highest BCUT2D eigenvalue weighted by molar-refractivity contribution is 5.78. The van der Waals surface area contributed by atoms with Gasteiger partial charge in [0, 0.05) is 5.69 Å². The van der Waals surface area contributed by atoms with Gasteiger partial charge in [-0.25, -0.2) is 9.97 Å². The molecule has 1 N–H and O–H groups in total. The number of aryl methyl sites for hydroxylation is 1. The van der Waals surface area contributed by atoms with Crippen molar-refractivity contribution in [3.63, 3.8) is 0 Å². The number of hydrogen-bond donors (Lipinski definition) is 1. The van der Waals surface area contributed by atoms with Crippen molar-refractivity contribution in [3.05, 3.63) is 70.5 Å². The Labute approximate surface area is 147 Å². The third-order valence-electron chi connectivity index (χ3n) is 3.82. The van der Waals surface area contributed by atoms with Crippen molar-refractivity contribution in [1.82, 2.24) is 25.0 Å². The summed E-state index contributed by atoms with van der Waals surface area (Å²) in [6.45, 7) is 1.94. The van der Waals surface area contributed by atoms with Crippen LogP contribution >= 0.6 is 0 Å². The van der Waals surface area contributed by atoms with Gasteiger partial charge in [-0.2, -0.15) is 4.68 Å². The molecule has 2 aromatic carbocycles. The lowest BCUT2D eigenvalue weighted by Crippen LogP contribution is -2.09. The van der Waals surface area contributed by atoms with E-state index in [0.29, 0.717) is 16.7 Å². The molecule has 0 spiro atoms. The standard InChI is InChI=1S/C17H13N7O2/c1-11-5-4-6-12(9-11)20-16-15(24(25)26)17(19-10-18-16)23-14-8-3-2-7-13(14)21-22-23/h2-10H,1H3,(H,18,19,20). The molecule has 0 aliphatic heterocycles. The van der Waals surface area contributed by atoms with Crippen LogP contribution in [0.1, 0.15) is 5.56 Å². The van der Waals surface area contributed by atoms with Crippen LogP contribution in [0.25, 0.3) is 16.9 Å². The number of benzene rings is 2. The molecule has 0 fully saturated rings. The number of nitrogens with one attached hydrogen (secondary N) is 1. The first-order valence-corrected chi connectivity index (χ1v) is 7.77. The van der Waals surface area contributed by atoms with E-state index in [0.717, 1.165) is 5.56 Å². The number of fused-ring (bicyclic) bond motifs is 1. The van der Waals surface area contributed by atoms with E-state index in [1.165, 1.54) is 11.0 Å². The zero-order valence-corrected chi connectivity index (χ0v) is 13.7. The predicted octanol–water partition coefficient (Wildman–Crippen LogP) is 3.17.